The van der Waals surface area contributed by atoms with Crippen molar-refractivity contribution in [3.05, 3.63) is 59.8 Å². The van der Waals surface area contributed by atoms with Crippen molar-refractivity contribution in [1.29, 1.82) is 0 Å². The zero-order chi connectivity index (χ0) is 16.2. The molecule has 0 unspecified atom stereocenters. The molecule has 120 valence electrons. The van der Waals surface area contributed by atoms with E-state index in [1.165, 1.54) is 37.5 Å². The first kappa shape index (κ1) is 16.7. The Labute approximate surface area is 128 Å². The standard InChI is InChI=1S/C15H18FNO4S/c1-15(18,9-14-6-3-7-21-14)11-17-22(19,20)10-12-4-2-5-13(16)8-12/h2-8,17-18H,9-11H2,1H3/t15-/m1/s1. The van der Waals surface area contributed by atoms with Gasteiger partial charge in [0.25, 0.3) is 0 Å². The first-order chi connectivity index (χ1) is 10.3. The Kier molecular flexibility index (Phi) is 5.00. The Hall–Kier alpha value is -1.70. The quantitative estimate of drug-likeness (QED) is 0.813. The van der Waals surface area contributed by atoms with Crippen LogP contribution < -0.4 is 4.72 Å². The molecule has 1 atom stereocenters. The lowest BCUT2D eigenvalue weighted by molar-refractivity contribution is 0.0603. The minimum Gasteiger partial charge on any atom is -0.469 e. The van der Waals surface area contributed by atoms with E-state index in [4.69, 9.17) is 4.42 Å². The highest BCUT2D eigenvalue weighted by Gasteiger charge is 2.25. The van der Waals surface area contributed by atoms with Gasteiger partial charge in [-0.15, -0.1) is 0 Å². The molecule has 2 N–H and O–H groups in total. The third kappa shape index (κ3) is 5.25. The van der Waals surface area contributed by atoms with Crippen molar-refractivity contribution in [2.45, 2.75) is 24.7 Å². The van der Waals surface area contributed by atoms with Crippen molar-refractivity contribution in [2.24, 2.45) is 0 Å². The Balaban J connectivity index is 1.94. The Morgan fingerprint density at radius 1 is 1.32 bits per heavy atom. The van der Waals surface area contributed by atoms with Crippen LogP contribution in [0.2, 0.25) is 0 Å². The number of halogens is 1. The number of hydrogen-bond donors (Lipinski definition) is 2. The fourth-order valence-electron chi connectivity index (χ4n) is 2.01. The third-order valence-electron chi connectivity index (χ3n) is 3.05. The maximum atomic E-state index is 13.1. The van der Waals surface area contributed by atoms with Gasteiger partial charge in [0.2, 0.25) is 10.0 Å². The van der Waals surface area contributed by atoms with Gasteiger partial charge in [0, 0.05) is 13.0 Å². The number of hydrogen-bond acceptors (Lipinski definition) is 4. The van der Waals surface area contributed by atoms with E-state index in [-0.39, 0.29) is 18.7 Å². The first-order valence-electron chi connectivity index (χ1n) is 6.72. The fourth-order valence-corrected chi connectivity index (χ4v) is 3.26. The topological polar surface area (TPSA) is 79.5 Å². The van der Waals surface area contributed by atoms with Crippen LogP contribution in [0.3, 0.4) is 0 Å². The van der Waals surface area contributed by atoms with E-state index in [1.807, 2.05) is 0 Å². The SMILES string of the molecule is C[C@](O)(CNS(=O)(=O)Cc1cccc(F)c1)Cc1ccco1. The molecule has 2 rings (SSSR count). The summed E-state index contributed by atoms with van der Waals surface area (Å²) < 4.78 is 44.5. The van der Waals surface area contributed by atoms with Gasteiger partial charge < -0.3 is 9.52 Å². The van der Waals surface area contributed by atoms with E-state index in [1.54, 1.807) is 12.1 Å². The molecule has 5 nitrogen and oxygen atoms in total. The number of nitrogens with one attached hydrogen (secondary N) is 1. The lowest BCUT2D eigenvalue weighted by atomic mass is 10.0. The van der Waals surface area contributed by atoms with Gasteiger partial charge in [-0.3, -0.25) is 0 Å². The Bertz CT molecular complexity index is 711. The van der Waals surface area contributed by atoms with Gasteiger partial charge in [-0.1, -0.05) is 12.1 Å². The van der Waals surface area contributed by atoms with Gasteiger partial charge in [-0.05, 0) is 36.8 Å². The lowest BCUT2D eigenvalue weighted by Crippen LogP contribution is -2.42. The largest absolute Gasteiger partial charge is 0.469 e. The maximum absolute atomic E-state index is 13.1. The van der Waals surface area contributed by atoms with Crippen LogP contribution in [0.5, 0.6) is 0 Å². The van der Waals surface area contributed by atoms with E-state index in [2.05, 4.69) is 4.72 Å². The van der Waals surface area contributed by atoms with E-state index >= 15 is 0 Å². The molecular formula is C15H18FNO4S. The molecule has 1 heterocycles. The molecule has 22 heavy (non-hydrogen) atoms. The molecule has 0 radical (unpaired) electrons. The zero-order valence-corrected chi connectivity index (χ0v) is 12.9. The van der Waals surface area contributed by atoms with Gasteiger partial charge in [0.15, 0.2) is 0 Å². The molecule has 0 spiro atoms. The van der Waals surface area contributed by atoms with Crippen molar-refractivity contribution >= 4 is 10.0 Å². The summed E-state index contributed by atoms with van der Waals surface area (Å²) >= 11 is 0. The summed E-state index contributed by atoms with van der Waals surface area (Å²) in [5.74, 6) is -0.270. The summed E-state index contributed by atoms with van der Waals surface area (Å²) in [4.78, 5) is 0. The smallest absolute Gasteiger partial charge is 0.215 e. The summed E-state index contributed by atoms with van der Waals surface area (Å²) in [5, 5.41) is 10.2. The van der Waals surface area contributed by atoms with Crippen molar-refractivity contribution in [3.63, 3.8) is 0 Å². The van der Waals surface area contributed by atoms with E-state index in [0.29, 0.717) is 11.3 Å². The second-order valence-corrected chi connectivity index (χ2v) is 7.27. The first-order valence-corrected chi connectivity index (χ1v) is 8.38. The maximum Gasteiger partial charge on any atom is 0.215 e. The van der Waals surface area contributed by atoms with E-state index in [0.717, 1.165) is 0 Å². The van der Waals surface area contributed by atoms with Crippen molar-refractivity contribution in [1.82, 2.24) is 4.72 Å². The molecule has 0 aliphatic heterocycles. The monoisotopic (exact) mass is 327 g/mol. The molecule has 0 saturated heterocycles. The molecule has 0 bridgehead atoms. The number of furan rings is 1. The molecule has 0 saturated carbocycles. The zero-order valence-electron chi connectivity index (χ0n) is 12.1. The van der Waals surface area contributed by atoms with Crippen molar-refractivity contribution < 1.29 is 22.3 Å². The average Bonchev–Trinajstić information content (AvgIpc) is 2.88. The van der Waals surface area contributed by atoms with Gasteiger partial charge >= 0.3 is 0 Å². The Morgan fingerprint density at radius 2 is 2.09 bits per heavy atom. The average molecular weight is 327 g/mol. The molecule has 1 aromatic heterocycles. The van der Waals surface area contributed by atoms with Gasteiger partial charge in [-0.2, -0.15) is 0 Å². The molecule has 0 fully saturated rings. The third-order valence-corrected chi connectivity index (χ3v) is 4.35. The molecule has 1 aromatic carbocycles. The number of aliphatic hydroxyl groups is 1. The summed E-state index contributed by atoms with van der Waals surface area (Å²) in [7, 11) is -3.67. The van der Waals surface area contributed by atoms with Crippen molar-refractivity contribution in [3.8, 4) is 0 Å². The van der Waals surface area contributed by atoms with Crippen LogP contribution >= 0.6 is 0 Å². The van der Waals surface area contributed by atoms with Crippen LogP contribution in [0.25, 0.3) is 0 Å². The van der Waals surface area contributed by atoms with Crippen LogP contribution in [-0.2, 0) is 22.2 Å². The highest BCUT2D eigenvalue weighted by molar-refractivity contribution is 7.88. The lowest BCUT2D eigenvalue weighted by Gasteiger charge is -2.22. The second kappa shape index (κ2) is 6.60. The van der Waals surface area contributed by atoms with Crippen LogP contribution in [0.15, 0.2) is 47.1 Å². The van der Waals surface area contributed by atoms with Gasteiger partial charge in [0.05, 0.1) is 17.6 Å². The fraction of sp³-hybridized carbons (Fsp3) is 0.333. The minimum absolute atomic E-state index is 0.161. The number of sulfonamides is 1. The van der Waals surface area contributed by atoms with E-state index in [9.17, 15) is 17.9 Å². The summed E-state index contributed by atoms with van der Waals surface area (Å²) in [5.41, 5.74) is -0.939. The van der Waals surface area contributed by atoms with E-state index < -0.39 is 21.4 Å². The summed E-state index contributed by atoms with van der Waals surface area (Å²) in [6.07, 6.45) is 1.67. The predicted octanol–water partition coefficient (Wildman–Crippen LogP) is 1.83. The van der Waals surface area contributed by atoms with Crippen LogP contribution in [0.1, 0.15) is 18.2 Å². The minimum atomic E-state index is -3.67. The van der Waals surface area contributed by atoms with Crippen LogP contribution in [-0.4, -0.2) is 25.7 Å². The highest BCUT2D eigenvalue weighted by atomic mass is 32.2. The molecule has 0 aliphatic carbocycles. The van der Waals surface area contributed by atoms with Gasteiger partial charge in [0.1, 0.15) is 11.6 Å². The normalized spacial score (nSPS) is 14.7. The van der Waals surface area contributed by atoms with Crippen LogP contribution in [0.4, 0.5) is 4.39 Å². The van der Waals surface area contributed by atoms with Gasteiger partial charge in [-0.25, -0.2) is 17.5 Å². The van der Waals surface area contributed by atoms with Crippen molar-refractivity contribution in [2.75, 3.05) is 6.54 Å². The van der Waals surface area contributed by atoms with Crippen LogP contribution in [0, 0.1) is 5.82 Å². The molecule has 2 aromatic rings. The summed E-state index contributed by atoms with van der Waals surface area (Å²) in [6, 6.07) is 8.80. The highest BCUT2D eigenvalue weighted by Crippen LogP contribution is 2.14. The second-order valence-electron chi connectivity index (χ2n) is 5.46. The molecule has 7 heteroatoms. The summed E-state index contributed by atoms with van der Waals surface area (Å²) in [6.45, 7) is 1.35. The number of benzene rings is 1. The molecule has 0 aliphatic rings. The predicted molar refractivity (Wildman–Crippen MR) is 80.1 cm³/mol. The number of rotatable bonds is 7. The Morgan fingerprint density at radius 3 is 2.73 bits per heavy atom. The molecule has 0 amide bonds. The molecular weight excluding hydrogens is 309 g/mol.